The van der Waals surface area contributed by atoms with Gasteiger partial charge in [-0.25, -0.2) is 9.18 Å². The van der Waals surface area contributed by atoms with E-state index in [2.05, 4.69) is 5.32 Å². The largest absolute Gasteiger partial charge is 0.448 e. The van der Waals surface area contributed by atoms with Crippen LogP contribution in [0.2, 0.25) is 5.02 Å². The van der Waals surface area contributed by atoms with Crippen molar-refractivity contribution in [2.45, 2.75) is 13.0 Å². The second kappa shape index (κ2) is 7.74. The number of hydrogen-bond acceptors (Lipinski definition) is 5. The van der Waals surface area contributed by atoms with Gasteiger partial charge in [0.2, 0.25) is 0 Å². The molecule has 2 aromatic carbocycles. The van der Waals surface area contributed by atoms with E-state index in [9.17, 15) is 14.0 Å². The van der Waals surface area contributed by atoms with Crippen molar-refractivity contribution in [1.29, 1.82) is 5.26 Å². The molecule has 1 aromatic heterocycles. The van der Waals surface area contributed by atoms with Crippen molar-refractivity contribution in [2.24, 2.45) is 0 Å². The number of nitriles is 1. The molecule has 0 unspecified atom stereocenters. The van der Waals surface area contributed by atoms with Gasteiger partial charge in [-0.05, 0) is 43.3 Å². The van der Waals surface area contributed by atoms with E-state index in [0.717, 1.165) is 11.3 Å². The number of nitrogens with zero attached hydrogens (tertiary/aromatic N) is 1. The van der Waals surface area contributed by atoms with Crippen LogP contribution in [0.4, 0.5) is 10.1 Å². The van der Waals surface area contributed by atoms with Crippen molar-refractivity contribution < 1.29 is 18.7 Å². The van der Waals surface area contributed by atoms with E-state index < -0.39 is 23.8 Å². The van der Waals surface area contributed by atoms with Gasteiger partial charge in [-0.1, -0.05) is 17.7 Å². The molecular weight excluding hydrogens is 391 g/mol. The molecule has 1 atom stereocenters. The molecule has 0 aliphatic heterocycles. The zero-order valence-corrected chi connectivity index (χ0v) is 15.5. The SMILES string of the molecule is C[C@@H](OC(=O)c1sc2cc(F)ccc2c1Cl)C(=O)Nc1cccc(C#N)c1. The van der Waals surface area contributed by atoms with Gasteiger partial charge >= 0.3 is 5.97 Å². The molecule has 27 heavy (non-hydrogen) atoms. The Labute approximate surface area is 162 Å². The van der Waals surface area contributed by atoms with Crippen LogP contribution in [-0.2, 0) is 9.53 Å². The maximum Gasteiger partial charge on any atom is 0.350 e. The van der Waals surface area contributed by atoms with Crippen LogP contribution in [0, 0.1) is 17.1 Å². The number of ether oxygens (including phenoxy) is 1. The van der Waals surface area contributed by atoms with Crippen molar-refractivity contribution in [3.63, 3.8) is 0 Å². The third-order valence-corrected chi connectivity index (χ3v) is 5.33. The Kier molecular flexibility index (Phi) is 5.40. The molecule has 136 valence electrons. The van der Waals surface area contributed by atoms with Crippen LogP contribution in [0.5, 0.6) is 0 Å². The van der Waals surface area contributed by atoms with Crippen LogP contribution in [-0.4, -0.2) is 18.0 Å². The van der Waals surface area contributed by atoms with Crippen molar-refractivity contribution >= 4 is 50.6 Å². The number of hydrogen-bond donors (Lipinski definition) is 1. The molecule has 0 saturated carbocycles. The molecule has 0 radical (unpaired) electrons. The first-order valence-electron chi connectivity index (χ1n) is 7.78. The summed E-state index contributed by atoms with van der Waals surface area (Å²) in [5.41, 5.74) is 0.805. The Morgan fingerprint density at radius 2 is 2.07 bits per heavy atom. The summed E-state index contributed by atoms with van der Waals surface area (Å²) in [5, 5.41) is 12.2. The van der Waals surface area contributed by atoms with Gasteiger partial charge in [-0.2, -0.15) is 5.26 Å². The monoisotopic (exact) mass is 402 g/mol. The normalized spacial score (nSPS) is 11.6. The van der Waals surface area contributed by atoms with Gasteiger partial charge < -0.3 is 10.1 Å². The molecule has 1 N–H and O–H groups in total. The lowest BCUT2D eigenvalue weighted by Crippen LogP contribution is -2.29. The van der Waals surface area contributed by atoms with Crippen LogP contribution < -0.4 is 5.32 Å². The summed E-state index contributed by atoms with van der Waals surface area (Å²) in [6.07, 6.45) is -1.10. The molecular formula is C19H12ClFN2O3S. The van der Waals surface area contributed by atoms with Crippen molar-refractivity contribution in [1.82, 2.24) is 0 Å². The average Bonchev–Trinajstić information content (AvgIpc) is 2.97. The highest BCUT2D eigenvalue weighted by molar-refractivity contribution is 7.21. The highest BCUT2D eigenvalue weighted by Gasteiger charge is 2.24. The molecule has 1 amide bonds. The minimum absolute atomic E-state index is 0.100. The number of fused-ring (bicyclic) bond motifs is 1. The number of amides is 1. The number of carbonyl (C=O) groups excluding carboxylic acids is 2. The fourth-order valence-electron chi connectivity index (χ4n) is 2.35. The lowest BCUT2D eigenvalue weighted by Gasteiger charge is -2.13. The maximum atomic E-state index is 13.3. The summed E-state index contributed by atoms with van der Waals surface area (Å²) in [6.45, 7) is 1.42. The first-order valence-corrected chi connectivity index (χ1v) is 8.98. The molecule has 0 bridgehead atoms. The summed E-state index contributed by atoms with van der Waals surface area (Å²) in [6, 6.07) is 12.3. The number of rotatable bonds is 4. The van der Waals surface area contributed by atoms with E-state index in [1.165, 1.54) is 31.2 Å². The average molecular weight is 403 g/mol. The van der Waals surface area contributed by atoms with E-state index >= 15 is 0 Å². The predicted molar refractivity (Wildman–Crippen MR) is 101 cm³/mol. The van der Waals surface area contributed by atoms with E-state index in [1.54, 1.807) is 18.2 Å². The van der Waals surface area contributed by atoms with Crippen LogP contribution in [0.3, 0.4) is 0 Å². The van der Waals surface area contributed by atoms with Gasteiger partial charge in [0.25, 0.3) is 5.91 Å². The fraction of sp³-hybridized carbons (Fsp3) is 0.105. The second-order valence-electron chi connectivity index (χ2n) is 5.62. The molecule has 3 rings (SSSR count). The Morgan fingerprint density at radius 3 is 2.81 bits per heavy atom. The number of carbonyl (C=O) groups is 2. The maximum absolute atomic E-state index is 13.3. The highest BCUT2D eigenvalue weighted by atomic mass is 35.5. The van der Waals surface area contributed by atoms with Crippen LogP contribution in [0.25, 0.3) is 10.1 Å². The summed E-state index contributed by atoms with van der Waals surface area (Å²) in [5.74, 6) is -1.76. The Bertz CT molecular complexity index is 1090. The first kappa shape index (κ1) is 18.8. The Balaban J connectivity index is 1.72. The zero-order valence-electron chi connectivity index (χ0n) is 14.0. The van der Waals surface area contributed by atoms with Crippen molar-refractivity contribution in [3.8, 4) is 6.07 Å². The Morgan fingerprint density at radius 1 is 1.30 bits per heavy atom. The van der Waals surface area contributed by atoms with Gasteiger partial charge in [0.15, 0.2) is 6.10 Å². The third-order valence-electron chi connectivity index (χ3n) is 3.69. The quantitative estimate of drug-likeness (QED) is 0.638. The lowest BCUT2D eigenvalue weighted by molar-refractivity contribution is -0.123. The molecule has 0 aliphatic carbocycles. The molecule has 0 fully saturated rings. The number of halogens is 2. The summed E-state index contributed by atoms with van der Waals surface area (Å²) in [7, 11) is 0. The molecule has 5 nitrogen and oxygen atoms in total. The highest BCUT2D eigenvalue weighted by Crippen LogP contribution is 2.36. The first-order chi connectivity index (χ1) is 12.9. The number of nitrogens with one attached hydrogen (secondary N) is 1. The minimum atomic E-state index is -1.10. The van der Waals surface area contributed by atoms with Gasteiger partial charge in [0.05, 0.1) is 16.7 Å². The van der Waals surface area contributed by atoms with E-state index in [1.807, 2.05) is 6.07 Å². The third kappa shape index (κ3) is 4.08. The van der Waals surface area contributed by atoms with Gasteiger partial charge in [-0.15, -0.1) is 11.3 Å². The molecule has 3 aromatic rings. The fourth-order valence-corrected chi connectivity index (χ4v) is 3.76. The zero-order chi connectivity index (χ0) is 19.6. The van der Waals surface area contributed by atoms with E-state index in [-0.39, 0.29) is 9.90 Å². The number of benzene rings is 2. The van der Waals surface area contributed by atoms with Gasteiger partial charge in [-0.3, -0.25) is 4.79 Å². The van der Waals surface area contributed by atoms with E-state index in [0.29, 0.717) is 21.3 Å². The summed E-state index contributed by atoms with van der Waals surface area (Å²) < 4.78 is 19.0. The van der Waals surface area contributed by atoms with Crippen LogP contribution >= 0.6 is 22.9 Å². The molecule has 0 saturated heterocycles. The van der Waals surface area contributed by atoms with E-state index in [4.69, 9.17) is 21.6 Å². The second-order valence-corrected chi connectivity index (χ2v) is 7.05. The summed E-state index contributed by atoms with van der Waals surface area (Å²) in [4.78, 5) is 24.7. The smallest absolute Gasteiger partial charge is 0.350 e. The van der Waals surface area contributed by atoms with Crippen molar-refractivity contribution in [2.75, 3.05) is 5.32 Å². The number of anilines is 1. The van der Waals surface area contributed by atoms with Crippen molar-refractivity contribution in [3.05, 3.63) is 63.7 Å². The molecule has 8 heteroatoms. The predicted octanol–water partition coefficient (Wildman–Crippen LogP) is 4.75. The Hall–Kier alpha value is -2.95. The van der Waals surface area contributed by atoms with Gasteiger partial charge in [0, 0.05) is 15.8 Å². The van der Waals surface area contributed by atoms with Crippen LogP contribution in [0.15, 0.2) is 42.5 Å². The lowest BCUT2D eigenvalue weighted by atomic mass is 10.2. The van der Waals surface area contributed by atoms with Crippen LogP contribution in [0.1, 0.15) is 22.2 Å². The minimum Gasteiger partial charge on any atom is -0.448 e. The molecule has 0 spiro atoms. The summed E-state index contributed by atoms with van der Waals surface area (Å²) >= 11 is 7.18. The number of thiophene rings is 1. The standard InChI is InChI=1S/C19H12ClFN2O3S/c1-10(18(24)23-13-4-2-3-11(7-13)9-22)26-19(25)17-16(20)14-6-5-12(21)8-15(14)27-17/h2-8,10H,1H3,(H,23,24)/t10-/m1/s1. The molecule has 1 heterocycles. The topological polar surface area (TPSA) is 79.2 Å². The number of esters is 1. The molecule has 0 aliphatic rings. The van der Waals surface area contributed by atoms with Gasteiger partial charge in [0.1, 0.15) is 10.7 Å².